The smallest absolute Gasteiger partial charge is 0.145 e. The van der Waals surface area contributed by atoms with Gasteiger partial charge in [0.05, 0.1) is 11.1 Å². The Balaban J connectivity index is 3.05. The van der Waals surface area contributed by atoms with E-state index >= 15 is 0 Å². The van der Waals surface area contributed by atoms with Crippen LogP contribution in [0.2, 0.25) is 5.02 Å². The van der Waals surface area contributed by atoms with Crippen molar-refractivity contribution in [1.82, 2.24) is 0 Å². The number of hydrogen-bond acceptors (Lipinski definition) is 1. The molecular weight excluding hydrogens is 191 g/mol. The fourth-order valence-corrected chi connectivity index (χ4v) is 1.56. The maximum Gasteiger partial charge on any atom is 0.145 e. The van der Waals surface area contributed by atoms with E-state index in [0.717, 1.165) is 5.56 Å². The molecular formula is C10H12ClFO. The summed E-state index contributed by atoms with van der Waals surface area (Å²) in [6.45, 7) is 3.46. The lowest BCUT2D eigenvalue weighted by molar-refractivity contribution is 0.194. The Morgan fingerprint density at radius 2 is 2.15 bits per heavy atom. The number of aliphatic hydroxyl groups is 1. The van der Waals surface area contributed by atoms with Crippen molar-refractivity contribution in [3.63, 3.8) is 0 Å². The minimum atomic E-state index is -0.549. The van der Waals surface area contributed by atoms with Crippen molar-refractivity contribution >= 4 is 11.6 Å². The van der Waals surface area contributed by atoms with Crippen LogP contribution in [0, 0.1) is 12.7 Å². The number of rotatable bonds is 2. The largest absolute Gasteiger partial charge is 0.393 e. The highest BCUT2D eigenvalue weighted by Crippen LogP contribution is 2.21. The summed E-state index contributed by atoms with van der Waals surface area (Å²) < 4.78 is 13.3. The molecule has 1 aromatic carbocycles. The van der Waals surface area contributed by atoms with Crippen LogP contribution >= 0.6 is 11.6 Å². The Morgan fingerprint density at radius 1 is 1.54 bits per heavy atom. The molecule has 0 bridgehead atoms. The third kappa shape index (κ3) is 2.68. The molecule has 1 nitrogen and oxygen atoms in total. The summed E-state index contributed by atoms with van der Waals surface area (Å²) in [5.41, 5.74) is 1.38. The zero-order valence-corrected chi connectivity index (χ0v) is 8.40. The highest BCUT2D eigenvalue weighted by Gasteiger charge is 2.09. The van der Waals surface area contributed by atoms with Crippen LogP contribution in [0.1, 0.15) is 18.1 Å². The van der Waals surface area contributed by atoms with Gasteiger partial charge in [0.25, 0.3) is 0 Å². The van der Waals surface area contributed by atoms with E-state index in [1.165, 1.54) is 0 Å². The molecule has 1 aromatic rings. The van der Waals surface area contributed by atoms with Crippen LogP contribution < -0.4 is 0 Å². The molecule has 0 aliphatic carbocycles. The van der Waals surface area contributed by atoms with Gasteiger partial charge in [-0.2, -0.15) is 0 Å². The molecule has 0 spiro atoms. The Kier molecular flexibility index (Phi) is 3.28. The van der Waals surface area contributed by atoms with E-state index in [-0.39, 0.29) is 5.02 Å². The topological polar surface area (TPSA) is 20.2 Å². The van der Waals surface area contributed by atoms with Gasteiger partial charge in [0.2, 0.25) is 0 Å². The lowest BCUT2D eigenvalue weighted by atomic mass is 10.1. The Labute approximate surface area is 82.2 Å². The molecule has 1 rings (SSSR count). The average Bonchev–Trinajstić information content (AvgIpc) is 1.98. The van der Waals surface area contributed by atoms with Gasteiger partial charge in [-0.15, -0.1) is 0 Å². The molecule has 0 radical (unpaired) electrons. The molecule has 1 N–H and O–H groups in total. The first-order valence-corrected chi connectivity index (χ1v) is 4.51. The molecule has 0 aliphatic heterocycles. The van der Waals surface area contributed by atoms with Gasteiger partial charge in [-0.1, -0.05) is 17.7 Å². The minimum absolute atomic E-state index is 0.121. The summed E-state index contributed by atoms with van der Waals surface area (Å²) >= 11 is 5.65. The number of hydrogen-bond donors (Lipinski definition) is 1. The van der Waals surface area contributed by atoms with Crippen LogP contribution in [0.3, 0.4) is 0 Å². The van der Waals surface area contributed by atoms with Crippen molar-refractivity contribution in [2.45, 2.75) is 26.4 Å². The van der Waals surface area contributed by atoms with Crippen LogP contribution in [0.4, 0.5) is 4.39 Å². The summed E-state index contributed by atoms with van der Waals surface area (Å²) in [4.78, 5) is 0. The van der Waals surface area contributed by atoms with Gasteiger partial charge in [0.15, 0.2) is 0 Å². The number of halogens is 2. The molecule has 0 heterocycles. The van der Waals surface area contributed by atoms with E-state index in [4.69, 9.17) is 16.7 Å². The van der Waals surface area contributed by atoms with E-state index in [2.05, 4.69) is 0 Å². The maximum absolute atomic E-state index is 13.3. The summed E-state index contributed by atoms with van der Waals surface area (Å²) in [5.74, 6) is -0.423. The van der Waals surface area contributed by atoms with Crippen LogP contribution in [-0.4, -0.2) is 11.2 Å². The third-order valence-electron chi connectivity index (χ3n) is 1.76. The van der Waals surface area contributed by atoms with Gasteiger partial charge in [0.1, 0.15) is 5.82 Å². The summed E-state index contributed by atoms with van der Waals surface area (Å²) in [6, 6.07) is 3.27. The molecule has 0 fully saturated rings. The van der Waals surface area contributed by atoms with Crippen LogP contribution in [-0.2, 0) is 6.42 Å². The lowest BCUT2D eigenvalue weighted by Gasteiger charge is -2.08. The van der Waals surface area contributed by atoms with Crippen LogP contribution in [0.5, 0.6) is 0 Å². The zero-order valence-electron chi connectivity index (χ0n) is 7.64. The fourth-order valence-electron chi connectivity index (χ4n) is 1.26. The average molecular weight is 203 g/mol. The van der Waals surface area contributed by atoms with Crippen molar-refractivity contribution in [2.24, 2.45) is 0 Å². The van der Waals surface area contributed by atoms with E-state index in [1.54, 1.807) is 19.1 Å². The maximum atomic E-state index is 13.3. The van der Waals surface area contributed by atoms with Crippen molar-refractivity contribution in [3.8, 4) is 0 Å². The zero-order chi connectivity index (χ0) is 10.0. The molecule has 0 saturated carbocycles. The predicted octanol–water partition coefficient (Wildman–Crippen LogP) is 2.71. The standard InChI is InChI=1S/C10H12ClFO/c1-6-3-8(5-7(2)13)10(12)9(11)4-6/h3-4,7,13H,5H2,1-2H3. The van der Waals surface area contributed by atoms with Crippen LogP contribution in [0.15, 0.2) is 12.1 Å². The summed E-state index contributed by atoms with van der Waals surface area (Å²) in [5, 5.41) is 9.22. The lowest BCUT2D eigenvalue weighted by Crippen LogP contribution is -2.06. The van der Waals surface area contributed by atoms with Gasteiger partial charge >= 0.3 is 0 Å². The molecule has 0 amide bonds. The van der Waals surface area contributed by atoms with Crippen molar-refractivity contribution in [1.29, 1.82) is 0 Å². The summed E-state index contributed by atoms with van der Waals surface area (Å²) in [7, 11) is 0. The van der Waals surface area contributed by atoms with E-state index in [9.17, 15) is 4.39 Å². The molecule has 1 atom stereocenters. The SMILES string of the molecule is Cc1cc(Cl)c(F)c(CC(C)O)c1. The predicted molar refractivity (Wildman–Crippen MR) is 51.5 cm³/mol. The second-order valence-electron chi connectivity index (χ2n) is 3.27. The van der Waals surface area contributed by atoms with Crippen molar-refractivity contribution < 1.29 is 9.50 Å². The van der Waals surface area contributed by atoms with Crippen LogP contribution in [0.25, 0.3) is 0 Å². The molecule has 13 heavy (non-hydrogen) atoms. The third-order valence-corrected chi connectivity index (χ3v) is 2.04. The minimum Gasteiger partial charge on any atom is -0.393 e. The van der Waals surface area contributed by atoms with E-state index in [0.29, 0.717) is 12.0 Å². The molecule has 72 valence electrons. The Morgan fingerprint density at radius 3 is 2.69 bits per heavy atom. The van der Waals surface area contributed by atoms with E-state index in [1.807, 2.05) is 6.92 Å². The summed E-state index contributed by atoms with van der Waals surface area (Å²) in [6.07, 6.45) is -0.250. The van der Waals surface area contributed by atoms with Crippen molar-refractivity contribution in [3.05, 3.63) is 34.1 Å². The monoisotopic (exact) mass is 202 g/mol. The van der Waals surface area contributed by atoms with Gasteiger partial charge in [0, 0.05) is 6.42 Å². The van der Waals surface area contributed by atoms with Gasteiger partial charge in [-0.3, -0.25) is 0 Å². The first-order chi connectivity index (χ1) is 6.00. The molecule has 0 aromatic heterocycles. The normalized spacial score (nSPS) is 13.0. The van der Waals surface area contributed by atoms with Crippen molar-refractivity contribution in [2.75, 3.05) is 0 Å². The first-order valence-electron chi connectivity index (χ1n) is 4.13. The molecule has 3 heteroatoms. The second kappa shape index (κ2) is 4.07. The second-order valence-corrected chi connectivity index (χ2v) is 3.68. The molecule has 1 unspecified atom stereocenters. The number of benzene rings is 1. The highest BCUT2D eigenvalue weighted by molar-refractivity contribution is 6.30. The van der Waals surface area contributed by atoms with Gasteiger partial charge in [-0.25, -0.2) is 4.39 Å². The Hall–Kier alpha value is -0.600. The highest BCUT2D eigenvalue weighted by atomic mass is 35.5. The van der Waals surface area contributed by atoms with Gasteiger partial charge in [-0.05, 0) is 31.0 Å². The molecule has 0 saturated heterocycles. The number of aryl methyl sites for hydroxylation is 1. The first kappa shape index (κ1) is 10.5. The number of aliphatic hydroxyl groups excluding tert-OH is 1. The van der Waals surface area contributed by atoms with Gasteiger partial charge < -0.3 is 5.11 Å². The fraction of sp³-hybridized carbons (Fsp3) is 0.400. The van der Waals surface area contributed by atoms with E-state index < -0.39 is 11.9 Å². The molecule has 0 aliphatic rings. The quantitative estimate of drug-likeness (QED) is 0.782. The Bertz CT molecular complexity index is 310.